The molecule has 1 aromatic carbocycles. The van der Waals surface area contributed by atoms with Gasteiger partial charge in [-0.2, -0.15) is 13.2 Å². The molecule has 2 N–H and O–H groups in total. The molecule has 1 aliphatic carbocycles. The van der Waals surface area contributed by atoms with Crippen LogP contribution >= 0.6 is 11.6 Å². The Hall–Kier alpha value is -2.06. The number of aliphatic hydroxyl groups excluding tert-OH is 1. The van der Waals surface area contributed by atoms with Crippen LogP contribution in [0.25, 0.3) is 11.3 Å². The zero-order valence-corrected chi connectivity index (χ0v) is 14.3. The molecule has 26 heavy (non-hydrogen) atoms. The Bertz CT molecular complexity index is 790. The maximum absolute atomic E-state index is 12.6. The molecule has 5 nitrogen and oxygen atoms in total. The largest absolute Gasteiger partial charge is 0.416 e. The highest BCUT2D eigenvalue weighted by Gasteiger charge is 2.31. The summed E-state index contributed by atoms with van der Waals surface area (Å²) in [4.78, 5) is 12.2. The minimum Gasteiger partial charge on any atom is -0.393 e. The first-order chi connectivity index (χ1) is 12.3. The average Bonchev–Trinajstić information content (AvgIpc) is 3.18. The van der Waals surface area contributed by atoms with E-state index < -0.39 is 17.6 Å². The van der Waals surface area contributed by atoms with Gasteiger partial charge in [0.2, 0.25) is 0 Å². The molecule has 2 atom stereocenters. The molecule has 0 unspecified atom stereocenters. The standard InChI is InChI=1S/C17H16ClF3N2O3/c18-13-14(16(25)22-8-9-1-6-12(24)7-9)23-26-15(13)10-2-4-11(5-3-10)17(19,20)21/h2-5,9,12,24H,1,6-8H2,(H,22,25)/t9-,12-/m0/s1. The number of carbonyl (C=O) groups is 1. The van der Waals surface area contributed by atoms with Gasteiger partial charge in [-0.15, -0.1) is 0 Å². The molecule has 1 aromatic heterocycles. The average molecular weight is 389 g/mol. The first-order valence-electron chi connectivity index (χ1n) is 8.04. The number of nitrogens with one attached hydrogen (secondary N) is 1. The number of benzene rings is 1. The number of halogens is 4. The van der Waals surface area contributed by atoms with Crippen LogP contribution in [0.2, 0.25) is 5.02 Å². The Balaban J connectivity index is 1.70. The number of hydrogen-bond donors (Lipinski definition) is 2. The third-order valence-corrected chi connectivity index (χ3v) is 4.74. The number of aromatic nitrogens is 1. The molecule has 1 heterocycles. The molecule has 1 amide bonds. The first kappa shape index (κ1) is 18.7. The number of carbonyl (C=O) groups excluding carboxylic acids is 1. The monoisotopic (exact) mass is 388 g/mol. The molecule has 2 aromatic rings. The van der Waals surface area contributed by atoms with Crippen LogP contribution < -0.4 is 5.32 Å². The fourth-order valence-corrected chi connectivity index (χ4v) is 3.23. The van der Waals surface area contributed by atoms with Gasteiger partial charge in [0.15, 0.2) is 11.5 Å². The summed E-state index contributed by atoms with van der Waals surface area (Å²) in [5.41, 5.74) is -0.637. The van der Waals surface area contributed by atoms with Crippen molar-refractivity contribution in [3.8, 4) is 11.3 Å². The molecule has 1 fully saturated rings. The van der Waals surface area contributed by atoms with Crippen molar-refractivity contribution < 1.29 is 27.6 Å². The third kappa shape index (κ3) is 4.02. The zero-order chi connectivity index (χ0) is 18.9. The van der Waals surface area contributed by atoms with Gasteiger partial charge in [0, 0.05) is 12.1 Å². The summed E-state index contributed by atoms with van der Waals surface area (Å²) < 4.78 is 42.9. The van der Waals surface area contributed by atoms with Crippen molar-refractivity contribution in [2.24, 2.45) is 5.92 Å². The summed E-state index contributed by atoms with van der Waals surface area (Å²) in [6.07, 6.45) is -2.61. The normalized spacial score (nSPS) is 20.3. The maximum atomic E-state index is 12.6. The number of nitrogens with zero attached hydrogens (tertiary/aromatic N) is 1. The summed E-state index contributed by atoms with van der Waals surface area (Å²) >= 11 is 6.12. The highest BCUT2D eigenvalue weighted by atomic mass is 35.5. The van der Waals surface area contributed by atoms with Crippen molar-refractivity contribution in [2.75, 3.05) is 6.54 Å². The van der Waals surface area contributed by atoms with E-state index in [4.69, 9.17) is 16.1 Å². The van der Waals surface area contributed by atoms with Gasteiger partial charge in [-0.1, -0.05) is 28.9 Å². The Morgan fingerprint density at radius 2 is 2.00 bits per heavy atom. The van der Waals surface area contributed by atoms with E-state index in [1.54, 1.807) is 0 Å². The number of amides is 1. The zero-order valence-electron chi connectivity index (χ0n) is 13.5. The van der Waals surface area contributed by atoms with Gasteiger partial charge >= 0.3 is 6.18 Å². The number of rotatable bonds is 4. The molecule has 9 heteroatoms. The lowest BCUT2D eigenvalue weighted by Gasteiger charge is -2.09. The lowest BCUT2D eigenvalue weighted by Crippen LogP contribution is -2.29. The van der Waals surface area contributed by atoms with Gasteiger partial charge in [-0.25, -0.2) is 0 Å². The minimum absolute atomic E-state index is 0.0295. The summed E-state index contributed by atoms with van der Waals surface area (Å²) in [5, 5.41) is 15.8. The Kier molecular flexibility index (Phi) is 5.24. The van der Waals surface area contributed by atoms with Crippen molar-refractivity contribution in [1.82, 2.24) is 10.5 Å². The van der Waals surface area contributed by atoms with E-state index in [0.29, 0.717) is 19.4 Å². The van der Waals surface area contributed by atoms with E-state index in [-0.39, 0.29) is 34.1 Å². The van der Waals surface area contributed by atoms with Gasteiger partial charge in [-0.3, -0.25) is 4.79 Å². The van der Waals surface area contributed by atoms with Gasteiger partial charge in [0.25, 0.3) is 5.91 Å². The predicted octanol–water partition coefficient (Wildman–Crippen LogP) is 3.90. The molecule has 0 aliphatic heterocycles. The van der Waals surface area contributed by atoms with Crippen LogP contribution in [-0.2, 0) is 6.18 Å². The molecule has 0 bridgehead atoms. The predicted molar refractivity (Wildman–Crippen MR) is 87.6 cm³/mol. The second kappa shape index (κ2) is 7.28. The van der Waals surface area contributed by atoms with E-state index in [2.05, 4.69) is 10.5 Å². The lowest BCUT2D eigenvalue weighted by atomic mass is 10.1. The van der Waals surface area contributed by atoms with Crippen LogP contribution in [0.15, 0.2) is 28.8 Å². The highest BCUT2D eigenvalue weighted by Crippen LogP contribution is 2.34. The molecule has 0 saturated heterocycles. The van der Waals surface area contributed by atoms with E-state index in [1.165, 1.54) is 12.1 Å². The number of alkyl halides is 3. The van der Waals surface area contributed by atoms with Crippen molar-refractivity contribution in [3.05, 3.63) is 40.5 Å². The second-order valence-corrected chi connectivity index (χ2v) is 6.67. The third-order valence-electron chi connectivity index (χ3n) is 4.39. The van der Waals surface area contributed by atoms with Crippen LogP contribution in [0.4, 0.5) is 13.2 Å². The molecule has 1 saturated carbocycles. The van der Waals surface area contributed by atoms with E-state index in [0.717, 1.165) is 18.6 Å². The van der Waals surface area contributed by atoms with E-state index in [1.807, 2.05) is 0 Å². The topological polar surface area (TPSA) is 75.4 Å². The van der Waals surface area contributed by atoms with Gasteiger partial charge in [-0.05, 0) is 37.3 Å². The quantitative estimate of drug-likeness (QED) is 0.832. The van der Waals surface area contributed by atoms with Crippen LogP contribution in [-0.4, -0.2) is 28.8 Å². The minimum atomic E-state index is -4.44. The smallest absolute Gasteiger partial charge is 0.393 e. The summed E-state index contributed by atoms with van der Waals surface area (Å²) in [6, 6.07) is 4.21. The summed E-state index contributed by atoms with van der Waals surface area (Å²) in [7, 11) is 0. The molecule has 0 spiro atoms. The molecular weight excluding hydrogens is 373 g/mol. The van der Waals surface area contributed by atoms with Crippen molar-refractivity contribution in [3.63, 3.8) is 0 Å². The Morgan fingerprint density at radius 3 is 2.58 bits per heavy atom. The van der Waals surface area contributed by atoms with Gasteiger partial charge < -0.3 is 14.9 Å². The second-order valence-electron chi connectivity index (χ2n) is 6.29. The van der Waals surface area contributed by atoms with E-state index >= 15 is 0 Å². The maximum Gasteiger partial charge on any atom is 0.416 e. The number of hydrogen-bond acceptors (Lipinski definition) is 4. The highest BCUT2D eigenvalue weighted by molar-refractivity contribution is 6.35. The lowest BCUT2D eigenvalue weighted by molar-refractivity contribution is -0.137. The van der Waals surface area contributed by atoms with Crippen LogP contribution in [0, 0.1) is 5.92 Å². The van der Waals surface area contributed by atoms with E-state index in [9.17, 15) is 23.1 Å². The van der Waals surface area contributed by atoms with Gasteiger partial charge in [0.1, 0.15) is 5.02 Å². The molecule has 3 rings (SSSR count). The number of aliphatic hydroxyl groups is 1. The molecule has 140 valence electrons. The Morgan fingerprint density at radius 1 is 1.31 bits per heavy atom. The molecule has 0 radical (unpaired) electrons. The molecular formula is C17H16ClF3N2O3. The van der Waals surface area contributed by atoms with Gasteiger partial charge in [0.05, 0.1) is 11.7 Å². The van der Waals surface area contributed by atoms with Crippen LogP contribution in [0.3, 0.4) is 0 Å². The fraction of sp³-hybridized carbons (Fsp3) is 0.412. The SMILES string of the molecule is O=C(NC[C@H]1CC[C@H](O)C1)c1noc(-c2ccc(C(F)(F)F)cc2)c1Cl. The summed E-state index contributed by atoms with van der Waals surface area (Å²) in [6.45, 7) is 0.384. The van der Waals surface area contributed by atoms with Crippen LogP contribution in [0.5, 0.6) is 0 Å². The van der Waals surface area contributed by atoms with Crippen molar-refractivity contribution in [1.29, 1.82) is 0 Å². The fourth-order valence-electron chi connectivity index (χ4n) is 2.96. The summed E-state index contributed by atoms with van der Waals surface area (Å²) in [5.74, 6) is -0.311. The molecule has 1 aliphatic rings. The van der Waals surface area contributed by atoms with Crippen molar-refractivity contribution >= 4 is 17.5 Å². The van der Waals surface area contributed by atoms with Crippen molar-refractivity contribution in [2.45, 2.75) is 31.5 Å². The first-order valence-corrected chi connectivity index (χ1v) is 8.42. The van der Waals surface area contributed by atoms with Crippen LogP contribution in [0.1, 0.15) is 35.3 Å². The Labute approximate surface area is 152 Å².